The van der Waals surface area contributed by atoms with Gasteiger partial charge in [0.05, 0.1) is 11.9 Å². The molecular weight excluding hydrogens is 424 g/mol. The second-order valence-corrected chi connectivity index (χ2v) is 8.60. The van der Waals surface area contributed by atoms with Gasteiger partial charge in [-0.1, -0.05) is 23.7 Å². The van der Waals surface area contributed by atoms with E-state index in [9.17, 15) is 0 Å². The SMILES string of the molecule is N[C@H]1CC[C@H](Nc2ccc3ncc(-c4cnc(NCc5ccc(Cl)cc5)nc4)n3n2)CC1. The van der Waals surface area contributed by atoms with Gasteiger partial charge in [0.25, 0.3) is 0 Å². The second kappa shape index (κ2) is 9.10. The first-order valence-corrected chi connectivity index (χ1v) is 11.2. The highest BCUT2D eigenvalue weighted by Crippen LogP contribution is 2.23. The molecule has 4 N–H and O–H groups in total. The summed E-state index contributed by atoms with van der Waals surface area (Å²) in [5.74, 6) is 1.39. The summed E-state index contributed by atoms with van der Waals surface area (Å²) in [6.07, 6.45) is 9.59. The summed E-state index contributed by atoms with van der Waals surface area (Å²) >= 11 is 5.93. The third-order valence-corrected chi connectivity index (χ3v) is 6.05. The first-order chi connectivity index (χ1) is 15.6. The Bertz CT molecular complexity index is 1180. The molecule has 164 valence electrons. The van der Waals surface area contributed by atoms with E-state index in [4.69, 9.17) is 22.4 Å². The van der Waals surface area contributed by atoms with Crippen LogP contribution in [-0.4, -0.2) is 36.6 Å². The largest absolute Gasteiger partial charge is 0.366 e. The average molecular weight is 449 g/mol. The molecule has 1 aromatic carbocycles. The topological polar surface area (TPSA) is 106 Å². The molecule has 1 fully saturated rings. The van der Waals surface area contributed by atoms with Crippen molar-refractivity contribution in [3.8, 4) is 11.3 Å². The van der Waals surface area contributed by atoms with E-state index in [1.165, 1.54) is 0 Å². The summed E-state index contributed by atoms with van der Waals surface area (Å²) in [7, 11) is 0. The standard InChI is InChI=1S/C23H25ClN8/c24-17-3-1-15(2-4-17)11-27-23-28-12-16(13-29-23)20-14-26-22-10-9-21(31-32(20)22)30-19-7-5-18(25)6-8-19/h1-4,9-10,12-14,18-19H,5-8,11,25H2,(H,30,31)(H,27,28,29)/t18-,19-. The van der Waals surface area contributed by atoms with E-state index in [2.05, 4.69) is 25.6 Å². The molecule has 1 aliphatic carbocycles. The Balaban J connectivity index is 1.29. The van der Waals surface area contributed by atoms with Gasteiger partial charge in [-0.05, 0) is 55.5 Å². The molecule has 0 spiro atoms. The minimum Gasteiger partial charge on any atom is -0.366 e. The second-order valence-electron chi connectivity index (χ2n) is 8.16. The van der Waals surface area contributed by atoms with Crippen LogP contribution in [0.25, 0.3) is 16.9 Å². The number of hydrogen-bond donors (Lipinski definition) is 3. The third kappa shape index (κ3) is 4.66. The summed E-state index contributed by atoms with van der Waals surface area (Å²) in [6, 6.07) is 12.4. The highest BCUT2D eigenvalue weighted by Gasteiger charge is 2.19. The van der Waals surface area contributed by atoms with Crippen molar-refractivity contribution in [1.29, 1.82) is 0 Å². The van der Waals surface area contributed by atoms with Gasteiger partial charge in [0.2, 0.25) is 5.95 Å². The number of imidazole rings is 1. The van der Waals surface area contributed by atoms with Gasteiger partial charge in [0.1, 0.15) is 5.82 Å². The van der Waals surface area contributed by atoms with Gasteiger partial charge in [-0.15, -0.1) is 5.10 Å². The smallest absolute Gasteiger partial charge is 0.222 e. The van der Waals surface area contributed by atoms with Gasteiger partial charge in [0.15, 0.2) is 5.65 Å². The molecule has 4 aromatic rings. The lowest BCUT2D eigenvalue weighted by Crippen LogP contribution is -2.33. The highest BCUT2D eigenvalue weighted by atomic mass is 35.5. The van der Waals surface area contributed by atoms with Crippen LogP contribution in [0.4, 0.5) is 11.8 Å². The number of aromatic nitrogens is 5. The number of halogens is 1. The maximum Gasteiger partial charge on any atom is 0.222 e. The van der Waals surface area contributed by atoms with E-state index >= 15 is 0 Å². The number of hydrogen-bond acceptors (Lipinski definition) is 7. The van der Waals surface area contributed by atoms with Crippen LogP contribution in [0.5, 0.6) is 0 Å². The molecule has 0 amide bonds. The Morgan fingerprint density at radius 1 is 0.938 bits per heavy atom. The molecule has 0 atom stereocenters. The number of rotatable bonds is 6. The van der Waals surface area contributed by atoms with Crippen molar-refractivity contribution in [3.05, 3.63) is 65.6 Å². The molecule has 1 aliphatic rings. The van der Waals surface area contributed by atoms with Crippen molar-refractivity contribution in [2.75, 3.05) is 10.6 Å². The Morgan fingerprint density at radius 2 is 1.69 bits per heavy atom. The molecule has 8 nitrogen and oxygen atoms in total. The molecule has 5 rings (SSSR count). The van der Waals surface area contributed by atoms with E-state index in [0.29, 0.717) is 24.6 Å². The van der Waals surface area contributed by atoms with Crippen LogP contribution in [0.1, 0.15) is 31.2 Å². The molecule has 0 bridgehead atoms. The summed E-state index contributed by atoms with van der Waals surface area (Å²) in [5.41, 5.74) is 9.60. The van der Waals surface area contributed by atoms with Gasteiger partial charge < -0.3 is 16.4 Å². The lowest BCUT2D eigenvalue weighted by Gasteiger charge is -2.27. The van der Waals surface area contributed by atoms with Crippen LogP contribution in [0.3, 0.4) is 0 Å². The van der Waals surface area contributed by atoms with Crippen molar-refractivity contribution < 1.29 is 0 Å². The van der Waals surface area contributed by atoms with Gasteiger partial charge >= 0.3 is 0 Å². The van der Waals surface area contributed by atoms with Crippen LogP contribution in [0, 0.1) is 0 Å². The number of nitrogens with two attached hydrogens (primary N) is 1. The third-order valence-electron chi connectivity index (χ3n) is 5.80. The summed E-state index contributed by atoms with van der Waals surface area (Å²) < 4.78 is 1.83. The van der Waals surface area contributed by atoms with Gasteiger partial charge in [-0.3, -0.25) is 0 Å². The van der Waals surface area contributed by atoms with Crippen molar-refractivity contribution >= 4 is 29.0 Å². The molecule has 9 heteroatoms. The maximum absolute atomic E-state index is 6.02. The Hall–Kier alpha value is -3.23. The fraction of sp³-hybridized carbons (Fsp3) is 0.304. The number of nitrogens with one attached hydrogen (secondary N) is 2. The minimum atomic E-state index is 0.326. The number of anilines is 2. The lowest BCUT2D eigenvalue weighted by atomic mass is 9.92. The monoisotopic (exact) mass is 448 g/mol. The normalized spacial score (nSPS) is 18.6. The maximum atomic E-state index is 6.02. The molecule has 3 heterocycles. The van der Waals surface area contributed by atoms with Crippen LogP contribution in [-0.2, 0) is 6.54 Å². The number of nitrogens with zero attached hydrogens (tertiary/aromatic N) is 5. The van der Waals surface area contributed by atoms with Crippen molar-refractivity contribution in [2.24, 2.45) is 5.73 Å². The molecule has 3 aromatic heterocycles. The first-order valence-electron chi connectivity index (χ1n) is 10.8. The number of fused-ring (bicyclic) bond motifs is 1. The Labute approximate surface area is 191 Å². The van der Waals surface area contributed by atoms with Gasteiger partial charge in [-0.25, -0.2) is 19.5 Å². The van der Waals surface area contributed by atoms with Crippen LogP contribution < -0.4 is 16.4 Å². The fourth-order valence-corrected chi connectivity index (χ4v) is 4.08. The van der Waals surface area contributed by atoms with E-state index in [1.807, 2.05) is 40.9 Å². The van der Waals surface area contributed by atoms with Crippen molar-refractivity contribution in [1.82, 2.24) is 24.6 Å². The predicted octanol–water partition coefficient (Wildman–Crippen LogP) is 4.13. The zero-order valence-corrected chi connectivity index (χ0v) is 18.3. The first kappa shape index (κ1) is 20.7. The molecular formula is C23H25ClN8. The van der Waals surface area contributed by atoms with Crippen LogP contribution in [0.2, 0.25) is 5.02 Å². The molecule has 0 aliphatic heterocycles. The minimum absolute atomic E-state index is 0.326. The lowest BCUT2D eigenvalue weighted by molar-refractivity contribution is 0.410. The summed E-state index contributed by atoms with van der Waals surface area (Å²) in [5, 5.41) is 12.2. The van der Waals surface area contributed by atoms with E-state index in [0.717, 1.165) is 59.0 Å². The van der Waals surface area contributed by atoms with Crippen molar-refractivity contribution in [3.63, 3.8) is 0 Å². The van der Waals surface area contributed by atoms with Gasteiger partial charge in [-0.2, -0.15) is 0 Å². The molecule has 1 saturated carbocycles. The quantitative estimate of drug-likeness (QED) is 0.407. The molecule has 0 radical (unpaired) electrons. The highest BCUT2D eigenvalue weighted by molar-refractivity contribution is 6.30. The molecule has 0 unspecified atom stereocenters. The van der Waals surface area contributed by atoms with Crippen LogP contribution in [0.15, 0.2) is 55.0 Å². The fourth-order valence-electron chi connectivity index (χ4n) is 3.95. The Morgan fingerprint density at radius 3 is 2.44 bits per heavy atom. The summed E-state index contributed by atoms with van der Waals surface area (Å²) in [4.78, 5) is 13.4. The average Bonchev–Trinajstić information content (AvgIpc) is 3.24. The predicted molar refractivity (Wildman–Crippen MR) is 127 cm³/mol. The van der Waals surface area contributed by atoms with Crippen LogP contribution >= 0.6 is 11.6 Å². The number of benzene rings is 1. The van der Waals surface area contributed by atoms with E-state index in [-0.39, 0.29) is 0 Å². The van der Waals surface area contributed by atoms with Gasteiger partial charge in [0, 0.05) is 41.6 Å². The van der Waals surface area contributed by atoms with E-state index < -0.39 is 0 Å². The molecule has 32 heavy (non-hydrogen) atoms. The molecule has 0 saturated heterocycles. The Kier molecular flexibility index (Phi) is 5.87. The zero-order chi connectivity index (χ0) is 21.9. The summed E-state index contributed by atoms with van der Waals surface area (Å²) in [6.45, 7) is 0.620. The van der Waals surface area contributed by atoms with Crippen molar-refractivity contribution in [2.45, 2.75) is 44.3 Å². The van der Waals surface area contributed by atoms with E-state index in [1.54, 1.807) is 18.6 Å². The zero-order valence-electron chi connectivity index (χ0n) is 17.6.